The van der Waals surface area contributed by atoms with E-state index in [9.17, 15) is 0 Å². The molecule has 3 rings (SSSR count). The van der Waals surface area contributed by atoms with E-state index in [1.165, 1.54) is 32.3 Å². The van der Waals surface area contributed by atoms with Gasteiger partial charge in [-0.25, -0.2) is 0 Å². The number of hydrogen-bond acceptors (Lipinski definition) is 3. The standard InChI is InChI=1S/C12H14N2S2/c1-7-9-5-4-8-6-13-14(2)11(8)10(9)12(15-3)16-7/h6H,4-5H2,1-3H3. The van der Waals surface area contributed by atoms with Gasteiger partial charge >= 0.3 is 0 Å². The first-order chi connectivity index (χ1) is 7.72. The lowest BCUT2D eigenvalue weighted by Crippen LogP contribution is -2.05. The van der Waals surface area contributed by atoms with Crippen molar-refractivity contribution in [3.05, 3.63) is 22.2 Å². The van der Waals surface area contributed by atoms with Crippen LogP contribution in [0.2, 0.25) is 0 Å². The van der Waals surface area contributed by atoms with Crippen LogP contribution in [-0.4, -0.2) is 16.0 Å². The topological polar surface area (TPSA) is 17.8 Å². The number of aromatic nitrogens is 2. The Morgan fingerprint density at radius 2 is 2.25 bits per heavy atom. The molecule has 2 aromatic heterocycles. The summed E-state index contributed by atoms with van der Waals surface area (Å²) in [6.45, 7) is 2.24. The lowest BCUT2D eigenvalue weighted by Gasteiger charge is -2.15. The molecule has 0 radical (unpaired) electrons. The molecule has 0 saturated carbocycles. The summed E-state index contributed by atoms with van der Waals surface area (Å²) in [5, 5.41) is 4.39. The maximum absolute atomic E-state index is 4.39. The number of fused-ring (bicyclic) bond motifs is 3. The highest BCUT2D eigenvalue weighted by atomic mass is 32.2. The highest BCUT2D eigenvalue weighted by Gasteiger charge is 2.25. The molecule has 0 fully saturated rings. The number of nitrogens with zero attached hydrogens (tertiary/aromatic N) is 2. The minimum Gasteiger partial charge on any atom is -0.268 e. The second-order valence-corrected chi connectivity index (χ2v) is 6.45. The average molecular weight is 250 g/mol. The van der Waals surface area contributed by atoms with Crippen molar-refractivity contribution < 1.29 is 0 Å². The lowest BCUT2D eigenvalue weighted by atomic mass is 9.92. The van der Waals surface area contributed by atoms with Crippen LogP contribution in [0.25, 0.3) is 11.3 Å². The van der Waals surface area contributed by atoms with Gasteiger partial charge < -0.3 is 0 Å². The molecule has 1 aliphatic rings. The average Bonchev–Trinajstić information content (AvgIpc) is 2.81. The van der Waals surface area contributed by atoms with E-state index in [1.807, 2.05) is 41.0 Å². The molecule has 2 nitrogen and oxygen atoms in total. The van der Waals surface area contributed by atoms with Crippen LogP contribution in [0.5, 0.6) is 0 Å². The van der Waals surface area contributed by atoms with Crippen LogP contribution in [0.1, 0.15) is 16.0 Å². The number of hydrogen-bond donors (Lipinski definition) is 0. The van der Waals surface area contributed by atoms with E-state index >= 15 is 0 Å². The van der Waals surface area contributed by atoms with Crippen LogP contribution in [0.3, 0.4) is 0 Å². The third-order valence-corrected chi connectivity index (χ3v) is 5.52. The Morgan fingerprint density at radius 1 is 1.44 bits per heavy atom. The summed E-state index contributed by atoms with van der Waals surface area (Å²) in [4.78, 5) is 1.48. The summed E-state index contributed by atoms with van der Waals surface area (Å²) in [5.74, 6) is 0. The fraction of sp³-hybridized carbons (Fsp3) is 0.417. The highest BCUT2D eigenvalue weighted by molar-refractivity contribution is 8.00. The zero-order valence-corrected chi connectivity index (χ0v) is 11.3. The van der Waals surface area contributed by atoms with Crippen molar-refractivity contribution in [1.29, 1.82) is 0 Å². The quantitative estimate of drug-likeness (QED) is 0.723. The Bertz CT molecular complexity index is 552. The van der Waals surface area contributed by atoms with Gasteiger partial charge in [-0.3, -0.25) is 4.68 Å². The molecular weight excluding hydrogens is 236 g/mol. The fourth-order valence-electron chi connectivity index (χ4n) is 2.48. The van der Waals surface area contributed by atoms with Crippen molar-refractivity contribution in [3.63, 3.8) is 0 Å². The molecule has 0 unspecified atom stereocenters. The van der Waals surface area contributed by atoms with Gasteiger partial charge in [0.25, 0.3) is 0 Å². The third kappa shape index (κ3) is 1.29. The summed E-state index contributed by atoms with van der Waals surface area (Å²) < 4.78 is 3.47. The molecule has 0 atom stereocenters. The molecule has 2 aromatic rings. The SMILES string of the molecule is CSc1sc(C)c2c1-c1c(cnn1C)CC2. The van der Waals surface area contributed by atoms with E-state index in [1.54, 1.807) is 5.56 Å². The van der Waals surface area contributed by atoms with Crippen LogP contribution in [-0.2, 0) is 19.9 Å². The van der Waals surface area contributed by atoms with E-state index in [2.05, 4.69) is 18.3 Å². The first-order valence-corrected chi connectivity index (χ1v) is 7.44. The monoisotopic (exact) mass is 250 g/mol. The highest BCUT2D eigenvalue weighted by Crippen LogP contribution is 2.45. The summed E-state index contributed by atoms with van der Waals surface area (Å²) in [5.41, 5.74) is 5.75. The van der Waals surface area contributed by atoms with Gasteiger partial charge in [0.15, 0.2) is 0 Å². The summed E-state index contributed by atoms with van der Waals surface area (Å²) >= 11 is 3.79. The van der Waals surface area contributed by atoms with Crippen molar-refractivity contribution >= 4 is 23.1 Å². The minimum atomic E-state index is 1.14. The fourth-order valence-corrected chi connectivity index (χ4v) is 4.54. The molecule has 0 amide bonds. The predicted molar refractivity (Wildman–Crippen MR) is 70.4 cm³/mol. The Balaban J connectivity index is 2.33. The largest absolute Gasteiger partial charge is 0.268 e. The zero-order valence-electron chi connectivity index (χ0n) is 9.70. The molecule has 0 saturated heterocycles. The number of thiophene rings is 1. The van der Waals surface area contributed by atoms with Crippen LogP contribution in [0, 0.1) is 6.92 Å². The molecule has 0 aliphatic heterocycles. The maximum Gasteiger partial charge on any atom is 0.0733 e. The molecule has 2 heterocycles. The van der Waals surface area contributed by atoms with Gasteiger partial charge in [-0.1, -0.05) is 0 Å². The van der Waals surface area contributed by atoms with Gasteiger partial charge in [0, 0.05) is 17.5 Å². The van der Waals surface area contributed by atoms with Crippen molar-refractivity contribution in [2.75, 3.05) is 6.26 Å². The third-order valence-electron chi connectivity index (χ3n) is 3.26. The molecule has 16 heavy (non-hydrogen) atoms. The number of thioether (sulfide) groups is 1. The Morgan fingerprint density at radius 3 is 3.00 bits per heavy atom. The van der Waals surface area contributed by atoms with E-state index < -0.39 is 0 Å². The van der Waals surface area contributed by atoms with E-state index in [0.717, 1.165) is 6.42 Å². The van der Waals surface area contributed by atoms with Crippen LogP contribution < -0.4 is 0 Å². The Labute approximate surface area is 104 Å². The Hall–Kier alpha value is -0.740. The van der Waals surface area contributed by atoms with E-state index in [-0.39, 0.29) is 0 Å². The van der Waals surface area contributed by atoms with Gasteiger partial charge in [0.1, 0.15) is 0 Å². The molecule has 4 heteroatoms. The van der Waals surface area contributed by atoms with Crippen LogP contribution >= 0.6 is 23.1 Å². The summed E-state index contributed by atoms with van der Waals surface area (Å²) in [6.07, 6.45) is 6.50. The molecule has 1 aliphatic carbocycles. The smallest absolute Gasteiger partial charge is 0.0733 e. The van der Waals surface area contributed by atoms with Gasteiger partial charge in [-0.15, -0.1) is 23.1 Å². The number of rotatable bonds is 1. The molecular formula is C12H14N2S2. The van der Waals surface area contributed by atoms with Gasteiger partial charge in [-0.05, 0) is 37.1 Å². The lowest BCUT2D eigenvalue weighted by molar-refractivity contribution is 0.770. The molecule has 0 aromatic carbocycles. The van der Waals surface area contributed by atoms with Crippen molar-refractivity contribution in [3.8, 4) is 11.3 Å². The zero-order chi connectivity index (χ0) is 11.3. The van der Waals surface area contributed by atoms with Crippen molar-refractivity contribution in [2.24, 2.45) is 7.05 Å². The first-order valence-electron chi connectivity index (χ1n) is 5.40. The first kappa shape index (κ1) is 10.4. The summed E-state index contributed by atoms with van der Waals surface area (Å²) in [6, 6.07) is 0. The van der Waals surface area contributed by atoms with E-state index in [0.29, 0.717) is 0 Å². The van der Waals surface area contributed by atoms with Gasteiger partial charge in [0.2, 0.25) is 0 Å². The maximum atomic E-state index is 4.39. The second kappa shape index (κ2) is 3.64. The summed E-state index contributed by atoms with van der Waals surface area (Å²) in [7, 11) is 2.05. The molecule has 0 bridgehead atoms. The molecule has 0 spiro atoms. The van der Waals surface area contributed by atoms with Gasteiger partial charge in [-0.2, -0.15) is 5.10 Å². The van der Waals surface area contributed by atoms with E-state index in [4.69, 9.17) is 0 Å². The normalized spacial score (nSPS) is 13.7. The Kier molecular flexibility index (Phi) is 2.37. The van der Waals surface area contributed by atoms with Crippen molar-refractivity contribution in [2.45, 2.75) is 24.0 Å². The van der Waals surface area contributed by atoms with Crippen LogP contribution in [0.4, 0.5) is 0 Å². The minimum absolute atomic E-state index is 1.14. The van der Waals surface area contributed by atoms with Crippen LogP contribution in [0.15, 0.2) is 10.4 Å². The molecule has 0 N–H and O–H groups in total. The predicted octanol–water partition coefficient (Wildman–Crippen LogP) is 3.28. The van der Waals surface area contributed by atoms with Crippen molar-refractivity contribution in [1.82, 2.24) is 9.78 Å². The number of aryl methyl sites for hydroxylation is 3. The molecule has 84 valence electrons. The van der Waals surface area contributed by atoms with Gasteiger partial charge in [0.05, 0.1) is 16.1 Å². The second-order valence-electron chi connectivity index (χ2n) is 4.15.